The summed E-state index contributed by atoms with van der Waals surface area (Å²) in [5.41, 5.74) is 4.64. The van der Waals surface area contributed by atoms with Crippen LogP contribution in [0.2, 0.25) is 0 Å². The van der Waals surface area contributed by atoms with E-state index in [9.17, 15) is 4.79 Å². The highest BCUT2D eigenvalue weighted by Gasteiger charge is 2.33. The van der Waals surface area contributed by atoms with Crippen LogP contribution >= 0.6 is 0 Å². The first-order valence-electron chi connectivity index (χ1n) is 9.98. The molecule has 0 aromatic heterocycles. The van der Waals surface area contributed by atoms with Crippen LogP contribution in [0.4, 0.5) is 17.1 Å². The molecule has 1 saturated heterocycles. The molecule has 0 bridgehead atoms. The number of hydrogen-bond acceptors (Lipinski definition) is 4. The first-order valence-corrected chi connectivity index (χ1v) is 9.98. The van der Waals surface area contributed by atoms with Crippen LogP contribution < -0.4 is 15.1 Å². The minimum absolute atomic E-state index is 0.00678. The smallest absolute Gasteiger partial charge is 0.262 e. The normalized spacial score (nSPS) is 18.9. The number of para-hydroxylation sites is 1. The topological polar surface area (TPSA) is 44.8 Å². The fraction of sp³-hybridized carbons (Fsp3) is 0.208. The van der Waals surface area contributed by atoms with Crippen molar-refractivity contribution in [2.45, 2.75) is 6.17 Å². The van der Waals surface area contributed by atoms with Crippen molar-refractivity contribution in [3.63, 3.8) is 0 Å². The number of carbonyl (C=O) groups is 1. The lowest BCUT2D eigenvalue weighted by Gasteiger charge is -2.38. The van der Waals surface area contributed by atoms with E-state index in [4.69, 9.17) is 4.74 Å². The molecular weight excluding hydrogens is 362 g/mol. The van der Waals surface area contributed by atoms with E-state index in [0.717, 1.165) is 48.9 Å². The van der Waals surface area contributed by atoms with Crippen molar-refractivity contribution in [1.82, 2.24) is 0 Å². The fourth-order valence-electron chi connectivity index (χ4n) is 4.03. The molecule has 5 nitrogen and oxygen atoms in total. The second-order valence-corrected chi connectivity index (χ2v) is 7.29. The number of fused-ring (bicyclic) bond motifs is 1. The molecular formula is C24H23N3O2. The zero-order valence-corrected chi connectivity index (χ0v) is 16.1. The van der Waals surface area contributed by atoms with Crippen LogP contribution in [0.1, 0.15) is 22.1 Å². The van der Waals surface area contributed by atoms with Gasteiger partial charge in [0.2, 0.25) is 0 Å². The Morgan fingerprint density at radius 1 is 0.793 bits per heavy atom. The first-order chi connectivity index (χ1) is 14.3. The summed E-state index contributed by atoms with van der Waals surface area (Å²) in [4.78, 5) is 17.6. The number of anilines is 3. The molecule has 29 heavy (non-hydrogen) atoms. The molecule has 0 unspecified atom stereocenters. The number of nitrogens with zero attached hydrogens (tertiary/aromatic N) is 2. The molecule has 1 fully saturated rings. The summed E-state index contributed by atoms with van der Waals surface area (Å²) in [6.07, 6.45) is -0.257. The van der Waals surface area contributed by atoms with E-state index in [1.54, 1.807) is 0 Å². The maximum Gasteiger partial charge on any atom is 0.262 e. The predicted octanol–water partition coefficient (Wildman–Crippen LogP) is 4.29. The summed E-state index contributed by atoms with van der Waals surface area (Å²) in [7, 11) is 0. The number of amides is 1. The molecule has 146 valence electrons. The molecule has 0 aliphatic carbocycles. The highest BCUT2D eigenvalue weighted by Crippen LogP contribution is 2.37. The molecule has 1 atom stereocenters. The molecule has 2 aliphatic heterocycles. The van der Waals surface area contributed by atoms with Crippen molar-refractivity contribution in [3.8, 4) is 0 Å². The maximum atomic E-state index is 13.4. The Labute approximate surface area is 170 Å². The van der Waals surface area contributed by atoms with Crippen molar-refractivity contribution in [2.24, 2.45) is 0 Å². The molecule has 1 amide bonds. The zero-order chi connectivity index (χ0) is 19.6. The van der Waals surface area contributed by atoms with Crippen LogP contribution in [0.25, 0.3) is 0 Å². The third-order valence-corrected chi connectivity index (χ3v) is 5.55. The second-order valence-electron chi connectivity index (χ2n) is 7.29. The molecule has 3 aromatic carbocycles. The van der Waals surface area contributed by atoms with Gasteiger partial charge in [-0.25, -0.2) is 0 Å². The van der Waals surface area contributed by atoms with Gasteiger partial charge in [-0.05, 0) is 42.0 Å². The van der Waals surface area contributed by atoms with Gasteiger partial charge >= 0.3 is 0 Å². The van der Waals surface area contributed by atoms with E-state index in [-0.39, 0.29) is 12.1 Å². The van der Waals surface area contributed by atoms with Gasteiger partial charge in [0.15, 0.2) is 0 Å². The lowest BCUT2D eigenvalue weighted by atomic mass is 10.0. The van der Waals surface area contributed by atoms with E-state index in [1.165, 1.54) is 0 Å². The Balaban J connectivity index is 1.52. The van der Waals surface area contributed by atoms with E-state index in [2.05, 4.69) is 22.3 Å². The minimum atomic E-state index is -0.257. The molecule has 0 radical (unpaired) electrons. The average molecular weight is 385 g/mol. The van der Waals surface area contributed by atoms with Crippen LogP contribution in [0.5, 0.6) is 0 Å². The number of nitrogens with one attached hydrogen (secondary N) is 1. The summed E-state index contributed by atoms with van der Waals surface area (Å²) >= 11 is 0. The van der Waals surface area contributed by atoms with Gasteiger partial charge in [0.25, 0.3) is 5.91 Å². The van der Waals surface area contributed by atoms with Crippen molar-refractivity contribution in [1.29, 1.82) is 0 Å². The monoisotopic (exact) mass is 385 g/mol. The van der Waals surface area contributed by atoms with Crippen molar-refractivity contribution in [2.75, 3.05) is 41.4 Å². The molecule has 5 rings (SSSR count). The summed E-state index contributed by atoms with van der Waals surface area (Å²) < 4.78 is 5.45. The van der Waals surface area contributed by atoms with Crippen LogP contribution in [-0.4, -0.2) is 32.2 Å². The number of morpholine rings is 1. The largest absolute Gasteiger partial charge is 0.378 e. The summed E-state index contributed by atoms with van der Waals surface area (Å²) in [6, 6.07) is 26.0. The number of benzene rings is 3. The van der Waals surface area contributed by atoms with Crippen LogP contribution in [0.15, 0.2) is 78.9 Å². The summed E-state index contributed by atoms with van der Waals surface area (Å²) in [5.74, 6) is 0.00678. The predicted molar refractivity (Wildman–Crippen MR) is 116 cm³/mol. The highest BCUT2D eigenvalue weighted by molar-refractivity contribution is 6.12. The van der Waals surface area contributed by atoms with Gasteiger partial charge in [0.1, 0.15) is 6.17 Å². The SMILES string of the molecule is O=C1c2ccccc2N[C@@H](c2ccccc2)N1c1ccc(N2CCOCC2)cc1. The van der Waals surface area contributed by atoms with Gasteiger partial charge in [0, 0.05) is 30.2 Å². The average Bonchev–Trinajstić information content (AvgIpc) is 2.80. The maximum absolute atomic E-state index is 13.4. The Morgan fingerprint density at radius 2 is 1.45 bits per heavy atom. The number of hydrogen-bond donors (Lipinski definition) is 1. The highest BCUT2D eigenvalue weighted by atomic mass is 16.5. The lowest BCUT2D eigenvalue weighted by molar-refractivity contribution is 0.0975. The molecule has 0 spiro atoms. The molecule has 1 N–H and O–H groups in total. The third kappa shape index (κ3) is 3.34. The van der Waals surface area contributed by atoms with Gasteiger partial charge in [-0.1, -0.05) is 42.5 Å². The molecule has 5 heteroatoms. The Kier molecular flexibility index (Phi) is 4.66. The molecule has 0 saturated carbocycles. The number of ether oxygens (including phenoxy) is 1. The standard InChI is InChI=1S/C24H23N3O2/c28-24-21-8-4-5-9-22(21)25-23(18-6-2-1-3-7-18)27(24)20-12-10-19(11-13-20)26-14-16-29-17-15-26/h1-13,23,25H,14-17H2/t23-/m1/s1. The van der Waals surface area contributed by atoms with Gasteiger partial charge in [-0.2, -0.15) is 0 Å². The summed E-state index contributed by atoms with van der Waals surface area (Å²) in [6.45, 7) is 3.29. The van der Waals surface area contributed by atoms with Crippen LogP contribution in [-0.2, 0) is 4.74 Å². The summed E-state index contributed by atoms with van der Waals surface area (Å²) in [5, 5.41) is 3.55. The minimum Gasteiger partial charge on any atom is -0.378 e. The number of rotatable bonds is 3. The van der Waals surface area contributed by atoms with Gasteiger partial charge < -0.3 is 15.0 Å². The number of carbonyl (C=O) groups excluding carboxylic acids is 1. The molecule has 2 aliphatic rings. The Hall–Kier alpha value is -3.31. The molecule has 3 aromatic rings. The second kappa shape index (κ2) is 7.60. The zero-order valence-electron chi connectivity index (χ0n) is 16.1. The van der Waals surface area contributed by atoms with Crippen LogP contribution in [0.3, 0.4) is 0 Å². The van der Waals surface area contributed by atoms with Crippen molar-refractivity contribution < 1.29 is 9.53 Å². The van der Waals surface area contributed by atoms with Crippen LogP contribution in [0, 0.1) is 0 Å². The van der Waals surface area contributed by atoms with Gasteiger partial charge in [-0.15, -0.1) is 0 Å². The van der Waals surface area contributed by atoms with E-state index >= 15 is 0 Å². The Morgan fingerprint density at radius 3 is 2.21 bits per heavy atom. The molecule has 2 heterocycles. The van der Waals surface area contributed by atoms with Crippen molar-refractivity contribution >= 4 is 23.0 Å². The van der Waals surface area contributed by atoms with E-state index in [0.29, 0.717) is 5.56 Å². The quantitative estimate of drug-likeness (QED) is 0.730. The first kappa shape index (κ1) is 17.8. The Bertz CT molecular complexity index is 998. The van der Waals surface area contributed by atoms with E-state index < -0.39 is 0 Å². The lowest BCUT2D eigenvalue weighted by Crippen LogP contribution is -2.43. The fourth-order valence-corrected chi connectivity index (χ4v) is 4.03. The van der Waals surface area contributed by atoms with Gasteiger partial charge in [0.05, 0.1) is 18.8 Å². The van der Waals surface area contributed by atoms with Gasteiger partial charge in [-0.3, -0.25) is 9.69 Å². The third-order valence-electron chi connectivity index (χ3n) is 5.55. The van der Waals surface area contributed by atoms with Crippen molar-refractivity contribution in [3.05, 3.63) is 90.0 Å². The van der Waals surface area contributed by atoms with E-state index in [1.807, 2.05) is 71.6 Å².